The number of morpholine rings is 1. The number of ether oxygens (including phenoxy) is 1. The largest absolute Gasteiger partial charge is 0.370 e. The molecule has 3 rings (SSSR count). The average molecular weight is 469 g/mol. The SMILES string of the molecule is CN(C)[C@H](CNC(=O)c1ccc(Cl)s1)C(=O)Nc1ccc(N2CCOCC2=O)c(F)c1. The number of nitrogens with zero attached hydrogens (tertiary/aromatic N) is 2. The molecule has 2 aromatic rings. The molecule has 166 valence electrons. The molecule has 0 unspecified atom stereocenters. The summed E-state index contributed by atoms with van der Waals surface area (Å²) in [6.07, 6.45) is 0. The number of amides is 3. The van der Waals surface area contributed by atoms with Crippen LogP contribution in [0.2, 0.25) is 4.34 Å². The Balaban J connectivity index is 1.64. The van der Waals surface area contributed by atoms with E-state index in [1.807, 2.05) is 0 Å². The van der Waals surface area contributed by atoms with Crippen molar-refractivity contribution in [3.05, 3.63) is 45.4 Å². The van der Waals surface area contributed by atoms with Gasteiger partial charge in [-0.1, -0.05) is 11.6 Å². The summed E-state index contributed by atoms with van der Waals surface area (Å²) >= 11 is 6.99. The smallest absolute Gasteiger partial charge is 0.261 e. The van der Waals surface area contributed by atoms with Crippen molar-refractivity contribution in [1.82, 2.24) is 10.2 Å². The molecule has 1 atom stereocenters. The second-order valence-corrected chi connectivity index (χ2v) is 8.76. The first-order chi connectivity index (χ1) is 14.8. The lowest BCUT2D eigenvalue weighted by atomic mass is 10.2. The van der Waals surface area contributed by atoms with E-state index in [4.69, 9.17) is 16.3 Å². The lowest BCUT2D eigenvalue weighted by Gasteiger charge is -2.27. The van der Waals surface area contributed by atoms with Crippen LogP contribution >= 0.6 is 22.9 Å². The molecule has 31 heavy (non-hydrogen) atoms. The number of carbonyl (C=O) groups is 3. The first-order valence-corrected chi connectivity index (χ1v) is 10.6. The lowest BCUT2D eigenvalue weighted by molar-refractivity contribution is -0.125. The summed E-state index contributed by atoms with van der Waals surface area (Å²) in [6, 6.07) is 6.67. The number of halogens is 2. The van der Waals surface area contributed by atoms with Gasteiger partial charge in [-0.3, -0.25) is 19.3 Å². The molecular weight excluding hydrogens is 447 g/mol. The molecule has 1 aliphatic heterocycles. The fourth-order valence-electron chi connectivity index (χ4n) is 3.02. The Bertz CT molecular complexity index is 984. The van der Waals surface area contributed by atoms with Crippen LogP contribution in [0.25, 0.3) is 0 Å². The highest BCUT2D eigenvalue weighted by molar-refractivity contribution is 7.18. The quantitative estimate of drug-likeness (QED) is 0.650. The Labute approximate surface area is 187 Å². The monoisotopic (exact) mass is 468 g/mol. The minimum Gasteiger partial charge on any atom is -0.370 e. The maximum Gasteiger partial charge on any atom is 0.261 e. The topological polar surface area (TPSA) is 91.0 Å². The summed E-state index contributed by atoms with van der Waals surface area (Å²) in [5.41, 5.74) is 0.382. The van der Waals surface area contributed by atoms with Crippen LogP contribution in [0.5, 0.6) is 0 Å². The molecule has 1 aliphatic rings. The fourth-order valence-corrected chi connectivity index (χ4v) is 3.98. The van der Waals surface area contributed by atoms with Crippen molar-refractivity contribution < 1.29 is 23.5 Å². The Morgan fingerprint density at radius 2 is 2.10 bits per heavy atom. The number of hydrogen-bond acceptors (Lipinski definition) is 6. The van der Waals surface area contributed by atoms with Crippen molar-refractivity contribution in [3.63, 3.8) is 0 Å². The molecule has 1 saturated heterocycles. The van der Waals surface area contributed by atoms with Crippen LogP contribution in [0, 0.1) is 5.82 Å². The molecular formula is C20H22ClFN4O4S. The number of anilines is 2. The predicted molar refractivity (Wildman–Crippen MR) is 117 cm³/mol. The number of benzene rings is 1. The van der Waals surface area contributed by atoms with E-state index in [1.54, 1.807) is 31.1 Å². The lowest BCUT2D eigenvalue weighted by Crippen LogP contribution is -2.47. The molecule has 0 spiro atoms. The minimum atomic E-state index is -0.692. The molecule has 1 aromatic heterocycles. The van der Waals surface area contributed by atoms with Gasteiger partial charge in [0, 0.05) is 18.8 Å². The molecule has 1 aromatic carbocycles. The Morgan fingerprint density at radius 1 is 1.32 bits per heavy atom. The van der Waals surface area contributed by atoms with Crippen molar-refractivity contribution in [1.29, 1.82) is 0 Å². The van der Waals surface area contributed by atoms with E-state index in [0.29, 0.717) is 15.8 Å². The zero-order valence-electron chi connectivity index (χ0n) is 17.0. The van der Waals surface area contributed by atoms with Gasteiger partial charge in [0.15, 0.2) is 0 Å². The third-order valence-corrected chi connectivity index (χ3v) is 5.90. The summed E-state index contributed by atoms with van der Waals surface area (Å²) in [5, 5.41) is 5.36. The van der Waals surface area contributed by atoms with Crippen molar-refractivity contribution in [3.8, 4) is 0 Å². The zero-order valence-corrected chi connectivity index (χ0v) is 18.6. The summed E-state index contributed by atoms with van der Waals surface area (Å²) in [6.45, 7) is 0.554. The number of thiophene rings is 1. The Kier molecular flexibility index (Phi) is 7.60. The highest BCUT2D eigenvalue weighted by Gasteiger charge is 2.25. The van der Waals surface area contributed by atoms with E-state index in [9.17, 15) is 18.8 Å². The van der Waals surface area contributed by atoms with E-state index in [0.717, 1.165) is 17.4 Å². The second-order valence-electron chi connectivity index (χ2n) is 7.05. The molecule has 2 heterocycles. The standard InChI is InChI=1S/C20H22ClFN4O4S/c1-25(2)15(10-23-20(29)16-5-6-17(21)31-16)19(28)24-12-3-4-14(13(22)9-12)26-7-8-30-11-18(26)27/h3-6,9,15H,7-8,10-11H2,1-2H3,(H,23,29)(H,24,28)/t15-/m1/s1. The van der Waals surface area contributed by atoms with Crippen LogP contribution in [-0.2, 0) is 14.3 Å². The van der Waals surface area contributed by atoms with Gasteiger partial charge in [-0.15, -0.1) is 11.3 Å². The Hall–Kier alpha value is -2.53. The van der Waals surface area contributed by atoms with Crippen LogP contribution in [0.3, 0.4) is 0 Å². The van der Waals surface area contributed by atoms with Gasteiger partial charge in [-0.05, 0) is 44.4 Å². The normalized spacial score (nSPS) is 15.1. The minimum absolute atomic E-state index is 0.0516. The summed E-state index contributed by atoms with van der Waals surface area (Å²) in [5.74, 6) is -1.69. The van der Waals surface area contributed by atoms with Crippen molar-refractivity contribution in [2.24, 2.45) is 0 Å². The van der Waals surface area contributed by atoms with Crippen LogP contribution in [0.4, 0.5) is 15.8 Å². The molecule has 0 bridgehead atoms. The Morgan fingerprint density at radius 3 is 2.71 bits per heavy atom. The molecule has 1 fully saturated rings. The van der Waals surface area contributed by atoms with E-state index in [-0.39, 0.29) is 42.9 Å². The number of rotatable bonds is 7. The third-order valence-electron chi connectivity index (χ3n) is 4.67. The second kappa shape index (κ2) is 10.2. The van der Waals surface area contributed by atoms with E-state index < -0.39 is 17.8 Å². The summed E-state index contributed by atoms with van der Waals surface area (Å²) in [7, 11) is 3.40. The van der Waals surface area contributed by atoms with Crippen LogP contribution in [-0.4, -0.2) is 69.1 Å². The average Bonchev–Trinajstić information content (AvgIpc) is 3.15. The number of nitrogens with one attached hydrogen (secondary N) is 2. The van der Waals surface area contributed by atoms with Crippen molar-refractivity contribution in [2.75, 3.05) is 50.6 Å². The third kappa shape index (κ3) is 5.79. The van der Waals surface area contributed by atoms with Crippen LogP contribution in [0.1, 0.15) is 9.67 Å². The van der Waals surface area contributed by atoms with Gasteiger partial charge in [-0.25, -0.2) is 4.39 Å². The van der Waals surface area contributed by atoms with Crippen molar-refractivity contribution in [2.45, 2.75) is 6.04 Å². The predicted octanol–water partition coefficient (Wildman–Crippen LogP) is 2.20. The van der Waals surface area contributed by atoms with Gasteiger partial charge in [-0.2, -0.15) is 0 Å². The molecule has 0 saturated carbocycles. The van der Waals surface area contributed by atoms with Gasteiger partial charge in [0.25, 0.3) is 11.8 Å². The number of hydrogen-bond donors (Lipinski definition) is 2. The van der Waals surface area contributed by atoms with Crippen molar-refractivity contribution >= 4 is 52.0 Å². The van der Waals surface area contributed by atoms with E-state index in [2.05, 4.69) is 10.6 Å². The maximum atomic E-state index is 14.6. The molecule has 0 aliphatic carbocycles. The zero-order chi connectivity index (χ0) is 22.5. The van der Waals surface area contributed by atoms with Gasteiger partial charge in [0.05, 0.1) is 21.5 Å². The summed E-state index contributed by atoms with van der Waals surface area (Å²) in [4.78, 5) is 40.3. The van der Waals surface area contributed by atoms with Gasteiger partial charge in [0.1, 0.15) is 18.5 Å². The van der Waals surface area contributed by atoms with E-state index >= 15 is 0 Å². The molecule has 11 heteroatoms. The summed E-state index contributed by atoms with van der Waals surface area (Å²) < 4.78 is 20.2. The van der Waals surface area contributed by atoms with Crippen LogP contribution in [0.15, 0.2) is 30.3 Å². The van der Waals surface area contributed by atoms with E-state index in [1.165, 1.54) is 17.0 Å². The van der Waals surface area contributed by atoms with Crippen LogP contribution < -0.4 is 15.5 Å². The van der Waals surface area contributed by atoms with Gasteiger partial charge in [0.2, 0.25) is 5.91 Å². The van der Waals surface area contributed by atoms with Gasteiger partial charge < -0.3 is 20.3 Å². The van der Waals surface area contributed by atoms with Gasteiger partial charge >= 0.3 is 0 Å². The maximum absolute atomic E-state index is 14.6. The first kappa shape index (κ1) is 23.1. The number of likely N-dealkylation sites (N-methyl/N-ethyl adjacent to an activating group) is 1. The highest BCUT2D eigenvalue weighted by atomic mass is 35.5. The number of carbonyl (C=O) groups excluding carboxylic acids is 3. The molecule has 0 radical (unpaired) electrons. The first-order valence-electron chi connectivity index (χ1n) is 9.44. The fraction of sp³-hybridized carbons (Fsp3) is 0.350. The molecule has 3 amide bonds. The highest BCUT2D eigenvalue weighted by Crippen LogP contribution is 2.24. The molecule has 2 N–H and O–H groups in total. The molecule has 8 nitrogen and oxygen atoms in total.